The van der Waals surface area contributed by atoms with Crippen LogP contribution in [0, 0.1) is 35.9 Å². The Labute approximate surface area is 167 Å². The Hall–Kier alpha value is -3.24. The zero-order valence-corrected chi connectivity index (χ0v) is 16.7. The van der Waals surface area contributed by atoms with Gasteiger partial charge in [0.25, 0.3) is 11.5 Å². The van der Waals surface area contributed by atoms with Crippen molar-refractivity contribution < 1.29 is 4.79 Å². The standard InChI is InChI=1S/C21H20N4O2S/c1-12(10-22)11-23-19(26)15-7-8-16-17(9-15)24-21(28)25(20(16)27)18-6-4-5-13(2)14(18)3/h4-9,12H,11H2,1-3H3,(H,23,26)(H,24,28). The minimum Gasteiger partial charge on any atom is -0.351 e. The summed E-state index contributed by atoms with van der Waals surface area (Å²) in [6.45, 7) is 5.92. The highest BCUT2D eigenvalue weighted by Gasteiger charge is 2.13. The van der Waals surface area contributed by atoms with E-state index in [4.69, 9.17) is 17.5 Å². The highest BCUT2D eigenvalue weighted by Crippen LogP contribution is 2.18. The lowest BCUT2D eigenvalue weighted by atomic mass is 10.1. The third-order valence-electron chi connectivity index (χ3n) is 4.77. The Balaban J connectivity index is 2.08. The maximum absolute atomic E-state index is 13.1. The molecule has 2 N–H and O–H groups in total. The Bertz CT molecular complexity index is 1230. The number of fused-ring (bicyclic) bond motifs is 1. The number of nitrogens with one attached hydrogen (secondary N) is 2. The fourth-order valence-corrected chi connectivity index (χ4v) is 3.24. The molecule has 0 fully saturated rings. The molecule has 1 aromatic heterocycles. The summed E-state index contributed by atoms with van der Waals surface area (Å²) >= 11 is 5.43. The molecular formula is C21H20N4O2S. The summed E-state index contributed by atoms with van der Waals surface area (Å²) in [5.41, 5.74) is 3.44. The van der Waals surface area contributed by atoms with Crippen molar-refractivity contribution >= 4 is 29.0 Å². The van der Waals surface area contributed by atoms with E-state index in [-0.39, 0.29) is 28.7 Å². The van der Waals surface area contributed by atoms with E-state index < -0.39 is 0 Å². The molecule has 3 rings (SSSR count). The maximum atomic E-state index is 13.1. The minimum atomic E-state index is -0.304. The molecule has 0 radical (unpaired) electrons. The molecule has 28 heavy (non-hydrogen) atoms. The second kappa shape index (κ2) is 7.79. The van der Waals surface area contributed by atoms with Crippen molar-refractivity contribution in [1.29, 1.82) is 5.26 Å². The van der Waals surface area contributed by atoms with Gasteiger partial charge in [0.05, 0.1) is 28.6 Å². The van der Waals surface area contributed by atoms with Gasteiger partial charge in [0.1, 0.15) is 0 Å². The van der Waals surface area contributed by atoms with E-state index in [1.807, 2.05) is 32.0 Å². The first-order chi connectivity index (χ1) is 13.3. The molecule has 1 amide bonds. The van der Waals surface area contributed by atoms with Crippen LogP contribution >= 0.6 is 12.2 Å². The Morgan fingerprint density at radius 3 is 2.79 bits per heavy atom. The number of carbonyl (C=O) groups excluding carboxylic acids is 1. The molecule has 0 aliphatic heterocycles. The van der Waals surface area contributed by atoms with Gasteiger partial charge in [-0.25, -0.2) is 0 Å². The molecule has 0 spiro atoms. The number of hydrogen-bond donors (Lipinski definition) is 2. The van der Waals surface area contributed by atoms with E-state index in [0.717, 1.165) is 16.8 Å². The molecule has 0 saturated carbocycles. The van der Waals surface area contributed by atoms with Crippen molar-refractivity contribution in [3.63, 3.8) is 0 Å². The van der Waals surface area contributed by atoms with Gasteiger partial charge in [-0.15, -0.1) is 0 Å². The van der Waals surface area contributed by atoms with Crippen molar-refractivity contribution in [3.8, 4) is 11.8 Å². The summed E-state index contributed by atoms with van der Waals surface area (Å²) in [6.07, 6.45) is 0. The Kier molecular flexibility index (Phi) is 5.43. The van der Waals surface area contributed by atoms with E-state index >= 15 is 0 Å². The maximum Gasteiger partial charge on any atom is 0.266 e. The summed E-state index contributed by atoms with van der Waals surface area (Å²) < 4.78 is 1.75. The molecule has 0 aliphatic carbocycles. The van der Waals surface area contributed by atoms with Gasteiger partial charge in [0, 0.05) is 12.1 Å². The molecule has 1 unspecified atom stereocenters. The van der Waals surface area contributed by atoms with Crippen LogP contribution in [0.5, 0.6) is 0 Å². The molecule has 1 heterocycles. The van der Waals surface area contributed by atoms with Crippen LogP contribution in [-0.2, 0) is 0 Å². The SMILES string of the molecule is Cc1cccc(-n2c(=S)[nH]c3cc(C(=O)NCC(C)C#N)ccc3c2=O)c1C. The smallest absolute Gasteiger partial charge is 0.266 e. The predicted octanol–water partition coefficient (Wildman–Crippen LogP) is 3.55. The van der Waals surface area contributed by atoms with Crippen LogP contribution in [0.1, 0.15) is 28.4 Å². The summed E-state index contributed by atoms with van der Waals surface area (Å²) in [5, 5.41) is 12.0. The number of aromatic nitrogens is 2. The van der Waals surface area contributed by atoms with Gasteiger partial charge in [-0.2, -0.15) is 5.26 Å². The first-order valence-corrected chi connectivity index (χ1v) is 9.27. The second-order valence-corrected chi connectivity index (χ2v) is 7.18. The Morgan fingerprint density at radius 1 is 1.32 bits per heavy atom. The molecule has 6 nitrogen and oxygen atoms in total. The number of benzene rings is 2. The first-order valence-electron chi connectivity index (χ1n) is 8.87. The fraction of sp³-hybridized carbons (Fsp3) is 0.238. The van der Waals surface area contributed by atoms with E-state index in [1.54, 1.807) is 25.1 Å². The van der Waals surface area contributed by atoms with Gasteiger partial charge in [0.2, 0.25) is 0 Å². The van der Waals surface area contributed by atoms with Crippen LogP contribution in [0.4, 0.5) is 0 Å². The monoisotopic (exact) mass is 392 g/mol. The van der Waals surface area contributed by atoms with Crippen LogP contribution in [-0.4, -0.2) is 22.0 Å². The van der Waals surface area contributed by atoms with Crippen LogP contribution < -0.4 is 10.9 Å². The number of nitrogens with zero attached hydrogens (tertiary/aromatic N) is 2. The topological polar surface area (TPSA) is 90.7 Å². The van der Waals surface area contributed by atoms with Crippen molar-refractivity contribution in [1.82, 2.24) is 14.9 Å². The van der Waals surface area contributed by atoms with Crippen LogP contribution in [0.3, 0.4) is 0 Å². The number of amides is 1. The van der Waals surface area contributed by atoms with Crippen molar-refractivity contribution in [3.05, 3.63) is 68.2 Å². The minimum absolute atomic E-state index is 0.238. The van der Waals surface area contributed by atoms with E-state index in [0.29, 0.717) is 16.5 Å². The number of rotatable bonds is 4. The number of carbonyl (C=O) groups is 1. The average molecular weight is 392 g/mol. The summed E-state index contributed by atoms with van der Waals surface area (Å²) in [5.74, 6) is -0.581. The summed E-state index contributed by atoms with van der Waals surface area (Å²) in [4.78, 5) is 28.5. The zero-order chi connectivity index (χ0) is 20.4. The van der Waals surface area contributed by atoms with Gasteiger partial charge < -0.3 is 10.3 Å². The average Bonchev–Trinajstić information content (AvgIpc) is 2.68. The quantitative estimate of drug-likeness (QED) is 0.664. The molecule has 7 heteroatoms. The zero-order valence-electron chi connectivity index (χ0n) is 15.9. The lowest BCUT2D eigenvalue weighted by molar-refractivity contribution is 0.0951. The van der Waals surface area contributed by atoms with E-state index in [2.05, 4.69) is 16.4 Å². The molecule has 3 aromatic rings. The fourth-order valence-electron chi connectivity index (χ4n) is 2.95. The van der Waals surface area contributed by atoms with E-state index in [1.165, 1.54) is 4.57 Å². The first kappa shape index (κ1) is 19.5. The third kappa shape index (κ3) is 3.59. The Morgan fingerprint density at radius 2 is 2.07 bits per heavy atom. The predicted molar refractivity (Wildman–Crippen MR) is 111 cm³/mol. The van der Waals surface area contributed by atoms with Gasteiger partial charge in [-0.05, 0) is 68.4 Å². The van der Waals surface area contributed by atoms with Crippen molar-refractivity contribution in [2.45, 2.75) is 20.8 Å². The number of H-pyrrole nitrogens is 1. The number of aromatic amines is 1. The number of nitriles is 1. The lowest BCUT2D eigenvalue weighted by Gasteiger charge is -2.13. The van der Waals surface area contributed by atoms with Crippen LogP contribution in [0.25, 0.3) is 16.6 Å². The van der Waals surface area contributed by atoms with Crippen LogP contribution in [0.15, 0.2) is 41.2 Å². The third-order valence-corrected chi connectivity index (χ3v) is 5.05. The summed E-state index contributed by atoms with van der Waals surface area (Å²) in [6, 6.07) is 12.6. The number of hydrogen-bond acceptors (Lipinski definition) is 4. The van der Waals surface area contributed by atoms with Gasteiger partial charge >= 0.3 is 0 Å². The van der Waals surface area contributed by atoms with Gasteiger partial charge in [-0.1, -0.05) is 12.1 Å². The number of aryl methyl sites for hydroxylation is 1. The van der Waals surface area contributed by atoms with E-state index in [9.17, 15) is 9.59 Å². The molecular weight excluding hydrogens is 372 g/mol. The largest absolute Gasteiger partial charge is 0.351 e. The molecule has 2 aromatic carbocycles. The molecule has 0 bridgehead atoms. The highest BCUT2D eigenvalue weighted by atomic mass is 32.1. The molecule has 1 atom stereocenters. The second-order valence-electron chi connectivity index (χ2n) is 6.79. The van der Waals surface area contributed by atoms with Crippen molar-refractivity contribution in [2.24, 2.45) is 5.92 Å². The highest BCUT2D eigenvalue weighted by molar-refractivity contribution is 7.71. The summed E-state index contributed by atoms with van der Waals surface area (Å²) in [7, 11) is 0. The molecule has 0 aliphatic rings. The van der Waals surface area contributed by atoms with Crippen LogP contribution in [0.2, 0.25) is 0 Å². The normalized spacial score (nSPS) is 11.8. The molecule has 142 valence electrons. The van der Waals surface area contributed by atoms with Crippen molar-refractivity contribution in [2.75, 3.05) is 6.54 Å². The van der Waals surface area contributed by atoms with Gasteiger partial charge in [0.15, 0.2) is 4.77 Å². The lowest BCUT2D eigenvalue weighted by Crippen LogP contribution is -2.28. The van der Waals surface area contributed by atoms with Gasteiger partial charge in [-0.3, -0.25) is 14.2 Å². The molecule has 0 saturated heterocycles.